The van der Waals surface area contributed by atoms with Gasteiger partial charge < -0.3 is 23.2 Å². The highest BCUT2D eigenvalue weighted by Gasteiger charge is 2.39. The molecule has 1 aliphatic rings. The van der Waals surface area contributed by atoms with Crippen LogP contribution in [-0.4, -0.2) is 72.8 Å². The molecular formula is C30H48N4O7SSi. The van der Waals surface area contributed by atoms with E-state index in [1.165, 1.54) is 0 Å². The van der Waals surface area contributed by atoms with Crippen LogP contribution in [0, 0.1) is 5.92 Å². The molecule has 0 aliphatic carbocycles. The number of aromatic nitrogens is 4. The van der Waals surface area contributed by atoms with Gasteiger partial charge in [0, 0.05) is 31.8 Å². The van der Waals surface area contributed by atoms with Crippen LogP contribution >= 0.6 is 0 Å². The number of nitrogens with zero attached hydrogens (tertiary/aromatic N) is 4. The Morgan fingerprint density at radius 1 is 1.16 bits per heavy atom. The molecular weight excluding hydrogens is 589 g/mol. The quantitative estimate of drug-likeness (QED) is 0.129. The Morgan fingerprint density at radius 3 is 2.58 bits per heavy atom. The topological polar surface area (TPSA) is 127 Å². The van der Waals surface area contributed by atoms with E-state index in [4.69, 9.17) is 33.3 Å². The van der Waals surface area contributed by atoms with Crippen molar-refractivity contribution in [2.24, 2.45) is 13.0 Å². The molecule has 0 bridgehead atoms. The molecule has 1 N–H and O–H groups in total. The van der Waals surface area contributed by atoms with Crippen LogP contribution in [0.15, 0.2) is 24.4 Å². The molecule has 1 saturated heterocycles. The number of aryl methyl sites for hydroxylation is 1. The molecule has 1 aromatic carbocycles. The van der Waals surface area contributed by atoms with Crippen molar-refractivity contribution in [3.63, 3.8) is 0 Å². The number of imidazole rings is 1. The molecule has 11 nitrogen and oxygen atoms in total. The predicted molar refractivity (Wildman–Crippen MR) is 169 cm³/mol. The number of ether oxygens (including phenoxy) is 3. The fourth-order valence-corrected chi connectivity index (χ4v) is 6.73. The predicted octanol–water partition coefficient (Wildman–Crippen LogP) is 5.97. The molecule has 0 radical (unpaired) electrons. The van der Waals surface area contributed by atoms with Crippen molar-refractivity contribution >= 4 is 29.3 Å². The molecule has 0 saturated carbocycles. The number of fused-ring (bicyclic) bond motifs is 1. The molecule has 43 heavy (non-hydrogen) atoms. The third-order valence-electron chi connectivity index (χ3n) is 8.35. The lowest BCUT2D eigenvalue weighted by Crippen LogP contribution is -2.43. The minimum absolute atomic E-state index is 0.0767. The van der Waals surface area contributed by atoms with Gasteiger partial charge in [0.15, 0.2) is 6.23 Å². The van der Waals surface area contributed by atoms with Crippen LogP contribution in [0.3, 0.4) is 0 Å². The summed E-state index contributed by atoms with van der Waals surface area (Å²) in [6.45, 7) is 15.2. The molecule has 240 valence electrons. The van der Waals surface area contributed by atoms with Gasteiger partial charge in [0.25, 0.3) is 10.1 Å². The largest absolute Gasteiger partial charge is 0.543 e. The second-order valence-corrected chi connectivity index (χ2v) is 19.3. The van der Waals surface area contributed by atoms with Crippen LogP contribution in [0.5, 0.6) is 5.75 Å². The minimum atomic E-state index is -3.97. The molecule has 4 rings (SSSR count). The molecule has 3 aromatic rings. The maximum Gasteiger partial charge on any atom is 0.265 e. The van der Waals surface area contributed by atoms with Gasteiger partial charge in [-0.1, -0.05) is 27.7 Å². The number of hydrogen-bond donors (Lipinski definition) is 1. The Kier molecular flexibility index (Phi) is 10.8. The van der Waals surface area contributed by atoms with Crippen molar-refractivity contribution in [1.29, 1.82) is 0 Å². The van der Waals surface area contributed by atoms with Crippen LogP contribution in [0.1, 0.15) is 65.4 Å². The Labute approximate surface area is 256 Å². The second kappa shape index (κ2) is 13.8. The second-order valence-electron chi connectivity index (χ2n) is 13.1. The standard InChI is InChI=1S/C30H48N4O7SSi/c1-22(21-42(35,36)37)13-15-38-16-17-39-20-27-31-25(19-33(27)5)29-24-18-23(41-43(6,7)30(2,3)4)11-12-26(24)34(32-29)28-10-8-9-14-40-28/h11-12,18-19,22,28H,8-10,13-17,20-21H2,1-7H3,(H,35,36,37)/t22-,28?/m1/s1. The summed E-state index contributed by atoms with van der Waals surface area (Å²) in [6, 6.07) is 6.22. The van der Waals surface area contributed by atoms with Crippen LogP contribution < -0.4 is 4.43 Å². The molecule has 0 amide bonds. The van der Waals surface area contributed by atoms with Gasteiger partial charge in [-0.3, -0.25) is 4.55 Å². The fourth-order valence-electron chi connectivity index (χ4n) is 4.82. The highest BCUT2D eigenvalue weighted by molar-refractivity contribution is 7.85. The van der Waals surface area contributed by atoms with E-state index in [1.54, 1.807) is 6.92 Å². The Morgan fingerprint density at radius 2 is 1.91 bits per heavy atom. The smallest absolute Gasteiger partial charge is 0.265 e. The van der Waals surface area contributed by atoms with Gasteiger partial charge in [-0.2, -0.15) is 13.5 Å². The summed E-state index contributed by atoms with van der Waals surface area (Å²) >= 11 is 0. The van der Waals surface area contributed by atoms with E-state index in [1.807, 2.05) is 28.6 Å². The van der Waals surface area contributed by atoms with E-state index < -0.39 is 18.4 Å². The molecule has 1 unspecified atom stereocenters. The maximum atomic E-state index is 11.0. The Balaban J connectivity index is 1.47. The SMILES string of the molecule is C[C@H](CCOCCOCc1nc(-c2nn(C3CCCCO3)c3ccc(O[Si](C)(C)C(C)(C)C)cc23)cn1C)CS(=O)(=O)O. The summed E-state index contributed by atoms with van der Waals surface area (Å²) in [5, 5.41) is 6.10. The first-order valence-corrected chi connectivity index (χ1v) is 19.6. The van der Waals surface area contributed by atoms with Crippen LogP contribution in [0.25, 0.3) is 22.3 Å². The van der Waals surface area contributed by atoms with Gasteiger partial charge in [0.05, 0.1) is 24.5 Å². The van der Waals surface area contributed by atoms with Crippen LogP contribution in [0.2, 0.25) is 18.1 Å². The van der Waals surface area contributed by atoms with Crippen molar-refractivity contribution in [2.45, 2.75) is 84.3 Å². The Hall–Kier alpha value is -2.29. The van der Waals surface area contributed by atoms with Crippen LogP contribution in [0.4, 0.5) is 0 Å². The summed E-state index contributed by atoms with van der Waals surface area (Å²) in [5.41, 5.74) is 2.54. The lowest BCUT2D eigenvalue weighted by atomic mass is 10.1. The summed E-state index contributed by atoms with van der Waals surface area (Å²) in [4.78, 5) is 4.89. The summed E-state index contributed by atoms with van der Waals surface area (Å²) in [7, 11) is -4.06. The first-order valence-electron chi connectivity index (χ1n) is 15.1. The molecule has 0 spiro atoms. The molecule has 1 fully saturated rings. The van der Waals surface area contributed by atoms with E-state index in [2.05, 4.69) is 46.0 Å². The highest BCUT2D eigenvalue weighted by atomic mass is 32.2. The summed E-state index contributed by atoms with van der Waals surface area (Å²) in [5.74, 6) is 1.17. The minimum Gasteiger partial charge on any atom is -0.543 e. The zero-order chi connectivity index (χ0) is 31.4. The van der Waals surface area contributed by atoms with Crippen molar-refractivity contribution < 1.29 is 31.6 Å². The summed E-state index contributed by atoms with van der Waals surface area (Å²) in [6.07, 6.45) is 5.49. The molecule has 13 heteroatoms. The van der Waals surface area contributed by atoms with Crippen molar-refractivity contribution in [3.8, 4) is 17.1 Å². The fraction of sp³-hybridized carbons (Fsp3) is 0.667. The third kappa shape index (κ3) is 8.89. The molecule has 2 aromatic heterocycles. The molecule has 2 atom stereocenters. The highest BCUT2D eigenvalue weighted by Crippen LogP contribution is 2.39. The number of rotatable bonds is 14. The zero-order valence-electron chi connectivity index (χ0n) is 26.6. The van der Waals surface area contributed by atoms with Gasteiger partial charge in [-0.25, -0.2) is 9.67 Å². The van der Waals surface area contributed by atoms with E-state index in [-0.39, 0.29) is 22.9 Å². The lowest BCUT2D eigenvalue weighted by molar-refractivity contribution is -0.0365. The Bertz CT molecular complexity index is 1470. The van der Waals surface area contributed by atoms with Gasteiger partial charge in [0.1, 0.15) is 29.6 Å². The van der Waals surface area contributed by atoms with Gasteiger partial charge in [-0.15, -0.1) is 0 Å². The zero-order valence-corrected chi connectivity index (χ0v) is 28.4. The lowest BCUT2D eigenvalue weighted by Gasteiger charge is -2.36. The summed E-state index contributed by atoms with van der Waals surface area (Å²) < 4.78 is 59.0. The maximum absolute atomic E-state index is 11.0. The average molecular weight is 637 g/mol. The van der Waals surface area contributed by atoms with Gasteiger partial charge in [0.2, 0.25) is 8.32 Å². The molecule has 3 heterocycles. The van der Waals surface area contributed by atoms with E-state index >= 15 is 0 Å². The normalized spacial score (nSPS) is 17.4. The van der Waals surface area contributed by atoms with E-state index in [9.17, 15) is 8.42 Å². The van der Waals surface area contributed by atoms with Crippen LogP contribution in [-0.2, 0) is 38.0 Å². The van der Waals surface area contributed by atoms with Gasteiger partial charge >= 0.3 is 0 Å². The van der Waals surface area contributed by atoms with Crippen molar-refractivity contribution in [2.75, 3.05) is 32.2 Å². The number of hydrogen-bond acceptors (Lipinski definition) is 8. The first kappa shape index (κ1) is 33.6. The van der Waals surface area contributed by atoms with Gasteiger partial charge in [-0.05, 0) is 67.9 Å². The van der Waals surface area contributed by atoms with E-state index in [0.29, 0.717) is 32.8 Å². The van der Waals surface area contributed by atoms with Crippen molar-refractivity contribution in [3.05, 3.63) is 30.2 Å². The first-order chi connectivity index (χ1) is 20.1. The van der Waals surface area contributed by atoms with E-state index in [0.717, 1.165) is 59.7 Å². The van der Waals surface area contributed by atoms with Crippen molar-refractivity contribution in [1.82, 2.24) is 19.3 Å². The average Bonchev–Trinajstić information content (AvgIpc) is 3.46. The monoisotopic (exact) mass is 636 g/mol. The number of benzene rings is 1. The molecule has 1 aliphatic heterocycles. The third-order valence-corrected chi connectivity index (χ3v) is 13.7.